The molecule has 7 rings (SSSR count). The minimum atomic E-state index is 0.123. The van der Waals surface area contributed by atoms with E-state index in [2.05, 4.69) is 160 Å². The molecule has 40 heavy (non-hydrogen) atoms. The molecule has 2 nitrogen and oxygen atoms in total. The molecule has 5 aromatic carbocycles. The van der Waals surface area contributed by atoms with Crippen molar-refractivity contribution in [2.45, 2.75) is 52.4 Å². The van der Waals surface area contributed by atoms with Gasteiger partial charge in [0.1, 0.15) is 0 Å². The molecule has 0 aliphatic rings. The fourth-order valence-corrected chi connectivity index (χ4v) is 6.21. The lowest BCUT2D eigenvalue weighted by Gasteiger charge is -2.19. The molecule has 0 aliphatic carbocycles. The maximum absolute atomic E-state index is 2.43. The summed E-state index contributed by atoms with van der Waals surface area (Å²) in [4.78, 5) is 0. The predicted octanol–water partition coefficient (Wildman–Crippen LogP) is 10.5. The molecule has 0 saturated heterocycles. The lowest BCUT2D eigenvalue weighted by atomic mass is 9.87. The first-order valence-corrected chi connectivity index (χ1v) is 14.3. The molecule has 0 N–H and O–H groups in total. The van der Waals surface area contributed by atoms with Crippen LogP contribution < -0.4 is 0 Å². The molecule has 198 valence electrons. The summed E-state index contributed by atoms with van der Waals surface area (Å²) < 4.78 is 4.86. The van der Waals surface area contributed by atoms with Crippen molar-refractivity contribution < 1.29 is 0 Å². The number of rotatable bonds is 2. The monoisotopic (exact) mass is 520 g/mol. The summed E-state index contributed by atoms with van der Waals surface area (Å²) in [5, 5.41) is 5.11. The zero-order chi connectivity index (χ0) is 27.8. The lowest BCUT2D eigenvalue weighted by molar-refractivity contribution is 0.590. The van der Waals surface area contributed by atoms with Crippen LogP contribution in [0.2, 0.25) is 0 Å². The van der Waals surface area contributed by atoms with Gasteiger partial charge in [-0.05, 0) is 70.5 Å². The van der Waals surface area contributed by atoms with Crippen LogP contribution in [-0.2, 0) is 10.8 Å². The van der Waals surface area contributed by atoms with Crippen molar-refractivity contribution in [3.8, 4) is 11.4 Å². The van der Waals surface area contributed by atoms with Crippen LogP contribution in [0.4, 0.5) is 0 Å². The van der Waals surface area contributed by atoms with Crippen molar-refractivity contribution >= 4 is 43.6 Å². The van der Waals surface area contributed by atoms with Crippen molar-refractivity contribution in [1.82, 2.24) is 9.13 Å². The Hall–Kier alpha value is -4.30. The fraction of sp³-hybridized carbons (Fsp3) is 0.211. The van der Waals surface area contributed by atoms with Gasteiger partial charge in [-0.1, -0.05) is 102 Å². The summed E-state index contributed by atoms with van der Waals surface area (Å²) in [6, 6.07) is 40.6. The molecule has 0 unspecified atom stereocenters. The molecular weight excluding hydrogens is 484 g/mol. The van der Waals surface area contributed by atoms with Gasteiger partial charge in [-0.25, -0.2) is 0 Å². The number of hydrogen-bond acceptors (Lipinski definition) is 0. The van der Waals surface area contributed by atoms with Gasteiger partial charge in [0.25, 0.3) is 0 Å². The van der Waals surface area contributed by atoms with Crippen LogP contribution in [0.1, 0.15) is 52.7 Å². The Labute approximate surface area is 236 Å². The van der Waals surface area contributed by atoms with Gasteiger partial charge in [-0.3, -0.25) is 0 Å². The Balaban J connectivity index is 1.54. The van der Waals surface area contributed by atoms with Gasteiger partial charge in [0, 0.05) is 32.9 Å². The van der Waals surface area contributed by atoms with E-state index < -0.39 is 0 Å². The Bertz CT molecular complexity index is 1880. The number of hydrogen-bond donors (Lipinski definition) is 0. The Morgan fingerprint density at radius 3 is 1.07 bits per heavy atom. The standard InChI is InChI=1S/C38H36N2/c1-37(2,3)25-15-19-27(20-16-25)39-33-13-9-7-11-29(33)31-24-36-32(23-35(31)39)30-12-8-10-14-34(30)40(36)28-21-17-26(18-22-28)38(4,5)6/h7-24H,1-6H3. The topological polar surface area (TPSA) is 9.86 Å². The zero-order valence-electron chi connectivity index (χ0n) is 24.3. The first kappa shape index (κ1) is 24.7. The molecule has 0 amide bonds. The van der Waals surface area contributed by atoms with Crippen molar-refractivity contribution in [2.75, 3.05) is 0 Å². The zero-order valence-corrected chi connectivity index (χ0v) is 24.3. The van der Waals surface area contributed by atoms with E-state index in [4.69, 9.17) is 0 Å². The van der Waals surface area contributed by atoms with Crippen molar-refractivity contribution in [2.24, 2.45) is 0 Å². The third kappa shape index (κ3) is 3.78. The molecule has 7 aromatic rings. The highest BCUT2D eigenvalue weighted by Crippen LogP contribution is 2.40. The number of benzene rings is 5. The molecule has 0 fully saturated rings. The molecule has 0 spiro atoms. The lowest BCUT2D eigenvalue weighted by Crippen LogP contribution is -2.10. The molecule has 0 saturated carbocycles. The Morgan fingerprint density at radius 1 is 0.375 bits per heavy atom. The maximum atomic E-state index is 2.43. The minimum absolute atomic E-state index is 0.123. The van der Waals surface area contributed by atoms with Crippen molar-refractivity contribution in [3.63, 3.8) is 0 Å². The Kier molecular flexibility index (Phi) is 5.31. The van der Waals surface area contributed by atoms with E-state index in [0.29, 0.717) is 0 Å². The van der Waals surface area contributed by atoms with Gasteiger partial charge in [0.15, 0.2) is 0 Å². The second-order valence-electron chi connectivity index (χ2n) is 13.2. The van der Waals surface area contributed by atoms with Gasteiger partial charge in [0.05, 0.1) is 22.1 Å². The number of fused-ring (bicyclic) bond motifs is 6. The Morgan fingerprint density at radius 2 is 0.725 bits per heavy atom. The summed E-state index contributed by atoms with van der Waals surface area (Å²) in [5.41, 5.74) is 10.3. The van der Waals surface area contributed by atoms with E-state index in [9.17, 15) is 0 Å². The second kappa shape index (κ2) is 8.60. The van der Waals surface area contributed by atoms with Gasteiger partial charge < -0.3 is 9.13 Å². The van der Waals surface area contributed by atoms with Crippen LogP contribution in [0.5, 0.6) is 0 Å². The molecule has 0 radical (unpaired) electrons. The predicted molar refractivity (Wildman–Crippen MR) is 173 cm³/mol. The maximum Gasteiger partial charge on any atom is 0.0548 e. The summed E-state index contributed by atoms with van der Waals surface area (Å²) in [7, 11) is 0. The van der Waals surface area contributed by atoms with Gasteiger partial charge in [-0.2, -0.15) is 0 Å². The van der Waals surface area contributed by atoms with E-state index in [1.165, 1.54) is 66.1 Å². The smallest absolute Gasteiger partial charge is 0.0548 e. The van der Waals surface area contributed by atoms with E-state index in [-0.39, 0.29) is 10.8 Å². The first-order chi connectivity index (χ1) is 19.1. The van der Waals surface area contributed by atoms with Crippen LogP contribution in [0.3, 0.4) is 0 Å². The van der Waals surface area contributed by atoms with E-state index in [0.717, 1.165) is 0 Å². The van der Waals surface area contributed by atoms with E-state index in [1.54, 1.807) is 0 Å². The molecule has 2 aromatic heterocycles. The summed E-state index contributed by atoms with van der Waals surface area (Å²) in [6.07, 6.45) is 0. The SMILES string of the molecule is CC(C)(C)c1ccc(-n2c3ccccc3c3cc4c(cc32)c2ccccc2n4-c2ccc(C(C)(C)C)cc2)cc1. The van der Waals surface area contributed by atoms with Crippen LogP contribution in [-0.4, -0.2) is 9.13 Å². The molecule has 0 bridgehead atoms. The van der Waals surface area contributed by atoms with Crippen molar-refractivity contribution in [1.29, 1.82) is 0 Å². The molecule has 2 heterocycles. The average molecular weight is 521 g/mol. The highest BCUT2D eigenvalue weighted by atomic mass is 15.0. The highest BCUT2D eigenvalue weighted by Gasteiger charge is 2.20. The minimum Gasteiger partial charge on any atom is -0.309 e. The van der Waals surface area contributed by atoms with Crippen LogP contribution >= 0.6 is 0 Å². The second-order valence-corrected chi connectivity index (χ2v) is 13.2. The number of para-hydroxylation sites is 2. The third-order valence-corrected chi connectivity index (χ3v) is 8.45. The number of nitrogens with zero attached hydrogens (tertiary/aromatic N) is 2. The summed E-state index contributed by atoms with van der Waals surface area (Å²) in [6.45, 7) is 13.6. The van der Waals surface area contributed by atoms with Gasteiger partial charge in [-0.15, -0.1) is 0 Å². The average Bonchev–Trinajstić information content (AvgIpc) is 3.43. The van der Waals surface area contributed by atoms with Gasteiger partial charge in [0.2, 0.25) is 0 Å². The summed E-state index contributed by atoms with van der Waals surface area (Å²) in [5.74, 6) is 0. The molecular formula is C38H36N2. The van der Waals surface area contributed by atoms with Crippen molar-refractivity contribution in [3.05, 3.63) is 120 Å². The third-order valence-electron chi connectivity index (χ3n) is 8.45. The van der Waals surface area contributed by atoms with Gasteiger partial charge >= 0.3 is 0 Å². The summed E-state index contributed by atoms with van der Waals surface area (Å²) >= 11 is 0. The van der Waals surface area contributed by atoms with E-state index >= 15 is 0 Å². The fourth-order valence-electron chi connectivity index (χ4n) is 6.21. The molecule has 0 atom stereocenters. The quantitative estimate of drug-likeness (QED) is 0.215. The van der Waals surface area contributed by atoms with Crippen LogP contribution in [0.25, 0.3) is 55.0 Å². The molecule has 2 heteroatoms. The van der Waals surface area contributed by atoms with E-state index in [1.807, 2.05) is 0 Å². The molecule has 0 aliphatic heterocycles. The highest BCUT2D eigenvalue weighted by molar-refractivity contribution is 6.19. The first-order valence-electron chi connectivity index (χ1n) is 14.3. The largest absolute Gasteiger partial charge is 0.309 e. The van der Waals surface area contributed by atoms with Crippen LogP contribution in [0.15, 0.2) is 109 Å². The number of aromatic nitrogens is 2. The van der Waals surface area contributed by atoms with Crippen LogP contribution in [0, 0.1) is 0 Å². The normalized spacial score (nSPS) is 12.8.